The van der Waals surface area contributed by atoms with Crippen molar-refractivity contribution in [3.8, 4) is 0 Å². The average molecular weight is 369 g/mol. The van der Waals surface area contributed by atoms with Crippen LogP contribution in [0.1, 0.15) is 44.6 Å². The molecule has 1 aliphatic heterocycles. The summed E-state index contributed by atoms with van der Waals surface area (Å²) in [4.78, 5) is 0.454. The number of hydrogen-bond acceptors (Lipinski definition) is 3. The number of benzene rings is 1. The van der Waals surface area contributed by atoms with E-state index in [0.717, 1.165) is 37.8 Å². The van der Waals surface area contributed by atoms with Crippen molar-refractivity contribution < 1.29 is 8.42 Å². The zero-order valence-corrected chi connectivity index (χ0v) is 15.9. The van der Waals surface area contributed by atoms with Crippen LogP contribution in [0.3, 0.4) is 0 Å². The Morgan fingerprint density at radius 2 is 1.96 bits per heavy atom. The summed E-state index contributed by atoms with van der Waals surface area (Å²) in [5.41, 5.74) is 1.33. The van der Waals surface area contributed by atoms with Crippen molar-refractivity contribution in [2.45, 2.75) is 44.6 Å². The number of likely N-dealkylation sites (N-methyl/N-ethyl adjacent to an activating group) is 2. The number of hydrogen-bond donors (Lipinski definition) is 1. The van der Waals surface area contributed by atoms with E-state index in [1.165, 1.54) is 6.42 Å². The van der Waals surface area contributed by atoms with Gasteiger partial charge in [0.05, 0.1) is 10.4 Å². The molecule has 2 aliphatic rings. The molecule has 1 heterocycles. The lowest BCUT2D eigenvalue weighted by Gasteiger charge is -2.40. The maximum atomic E-state index is 13.2. The molecule has 0 radical (unpaired) electrons. The SMILES string of the molecule is CCNCC1=C(c2cccc(Cl)c2)S(=O)(=O)N(C)C12CCCCC2. The standard InChI is InChI=1S/C18H25ClN2O2S/c1-3-20-13-16-17(14-8-7-9-15(19)12-14)24(22,23)21(2)18(16)10-5-4-6-11-18/h7-9,12,20H,3-6,10-11,13H2,1-2H3. The van der Waals surface area contributed by atoms with Crippen LogP contribution in [-0.2, 0) is 10.0 Å². The lowest BCUT2D eigenvalue weighted by molar-refractivity contribution is 0.197. The van der Waals surface area contributed by atoms with Crippen LogP contribution in [0.2, 0.25) is 5.02 Å². The first-order valence-electron chi connectivity index (χ1n) is 8.63. The first-order valence-corrected chi connectivity index (χ1v) is 10.4. The molecule has 0 amide bonds. The molecule has 0 unspecified atom stereocenters. The van der Waals surface area contributed by atoms with Crippen molar-refractivity contribution in [1.29, 1.82) is 0 Å². The van der Waals surface area contributed by atoms with Crippen molar-refractivity contribution in [3.63, 3.8) is 0 Å². The van der Waals surface area contributed by atoms with Gasteiger partial charge in [0.25, 0.3) is 0 Å². The van der Waals surface area contributed by atoms with Crippen LogP contribution < -0.4 is 5.32 Å². The van der Waals surface area contributed by atoms with Crippen LogP contribution in [0.4, 0.5) is 0 Å². The molecule has 4 nitrogen and oxygen atoms in total. The predicted octanol–water partition coefficient (Wildman–Crippen LogP) is 3.64. The van der Waals surface area contributed by atoms with Crippen LogP contribution in [0, 0.1) is 0 Å². The number of nitrogens with zero attached hydrogens (tertiary/aromatic N) is 1. The van der Waals surface area contributed by atoms with Gasteiger partial charge in [0.1, 0.15) is 0 Å². The van der Waals surface area contributed by atoms with Gasteiger partial charge in [0, 0.05) is 18.6 Å². The third-order valence-electron chi connectivity index (χ3n) is 5.38. The van der Waals surface area contributed by atoms with Gasteiger partial charge in [-0.15, -0.1) is 0 Å². The molecule has 0 atom stereocenters. The maximum Gasteiger partial charge on any atom is 0.244 e. The Morgan fingerprint density at radius 1 is 1.25 bits per heavy atom. The summed E-state index contributed by atoms with van der Waals surface area (Å²) in [6.45, 7) is 3.45. The van der Waals surface area contributed by atoms with Crippen LogP contribution in [0.5, 0.6) is 0 Å². The minimum absolute atomic E-state index is 0.378. The van der Waals surface area contributed by atoms with E-state index in [1.54, 1.807) is 23.5 Å². The summed E-state index contributed by atoms with van der Waals surface area (Å²) in [5.74, 6) is 0. The smallest absolute Gasteiger partial charge is 0.244 e. The Kier molecular flexibility index (Phi) is 5.07. The summed E-state index contributed by atoms with van der Waals surface area (Å²) in [6.07, 6.45) is 5.11. The summed E-state index contributed by atoms with van der Waals surface area (Å²) >= 11 is 6.14. The molecule has 1 N–H and O–H groups in total. The summed E-state index contributed by atoms with van der Waals surface area (Å²) in [5, 5.41) is 3.91. The monoisotopic (exact) mass is 368 g/mol. The van der Waals surface area contributed by atoms with Crippen molar-refractivity contribution in [2.75, 3.05) is 20.1 Å². The van der Waals surface area contributed by atoms with E-state index in [-0.39, 0.29) is 5.54 Å². The highest BCUT2D eigenvalue weighted by molar-refractivity contribution is 7.98. The lowest BCUT2D eigenvalue weighted by Crippen LogP contribution is -2.48. The summed E-state index contributed by atoms with van der Waals surface area (Å²) < 4.78 is 28.1. The Bertz CT molecular complexity index is 752. The molecule has 1 saturated carbocycles. The van der Waals surface area contributed by atoms with Gasteiger partial charge in [0.2, 0.25) is 10.0 Å². The van der Waals surface area contributed by atoms with E-state index in [0.29, 0.717) is 22.0 Å². The molecule has 6 heteroatoms. The number of nitrogens with one attached hydrogen (secondary N) is 1. The summed E-state index contributed by atoms with van der Waals surface area (Å²) in [7, 11) is -1.77. The van der Waals surface area contributed by atoms with E-state index < -0.39 is 10.0 Å². The molecular formula is C18H25ClN2O2S. The fourth-order valence-electron chi connectivity index (χ4n) is 4.13. The van der Waals surface area contributed by atoms with Gasteiger partial charge in [-0.2, -0.15) is 4.31 Å². The van der Waals surface area contributed by atoms with Gasteiger partial charge < -0.3 is 5.32 Å². The van der Waals surface area contributed by atoms with Gasteiger partial charge in [-0.1, -0.05) is 49.9 Å². The second kappa shape index (κ2) is 6.79. The number of halogens is 1. The Morgan fingerprint density at radius 3 is 2.58 bits per heavy atom. The predicted molar refractivity (Wildman–Crippen MR) is 99.4 cm³/mol. The Balaban J connectivity index is 2.22. The fourth-order valence-corrected chi connectivity index (χ4v) is 6.34. The van der Waals surface area contributed by atoms with Crippen LogP contribution in [0.15, 0.2) is 29.8 Å². The van der Waals surface area contributed by atoms with Gasteiger partial charge in [-0.3, -0.25) is 0 Å². The molecule has 1 aromatic carbocycles. The van der Waals surface area contributed by atoms with Gasteiger partial charge in [0.15, 0.2) is 0 Å². The Labute approximate surface area is 149 Å². The van der Waals surface area contributed by atoms with Gasteiger partial charge in [-0.05, 0) is 42.7 Å². The normalized spacial score (nSPS) is 23.1. The topological polar surface area (TPSA) is 49.4 Å². The molecule has 1 fully saturated rings. The molecule has 132 valence electrons. The second-order valence-corrected chi connectivity index (χ2v) is 9.01. The molecular weight excluding hydrogens is 344 g/mol. The highest BCUT2D eigenvalue weighted by Crippen LogP contribution is 2.50. The van der Waals surface area contributed by atoms with Crippen LogP contribution in [0.25, 0.3) is 4.91 Å². The Hall–Kier alpha value is -0.880. The highest BCUT2D eigenvalue weighted by Gasteiger charge is 2.53. The van der Waals surface area contributed by atoms with E-state index >= 15 is 0 Å². The minimum Gasteiger partial charge on any atom is -0.313 e. The molecule has 0 aromatic heterocycles. The van der Waals surface area contributed by atoms with E-state index in [9.17, 15) is 8.42 Å². The molecule has 3 rings (SSSR count). The summed E-state index contributed by atoms with van der Waals surface area (Å²) in [6, 6.07) is 7.20. The largest absolute Gasteiger partial charge is 0.313 e. The molecule has 1 spiro atoms. The molecule has 1 aliphatic carbocycles. The zero-order valence-electron chi connectivity index (χ0n) is 14.3. The first-order chi connectivity index (χ1) is 11.4. The van der Waals surface area contributed by atoms with Gasteiger partial charge >= 0.3 is 0 Å². The maximum absolute atomic E-state index is 13.2. The van der Waals surface area contributed by atoms with Crippen molar-refractivity contribution in [3.05, 3.63) is 40.4 Å². The lowest BCUT2D eigenvalue weighted by atomic mass is 9.75. The zero-order chi connectivity index (χ0) is 17.4. The first kappa shape index (κ1) is 17.9. The fraction of sp³-hybridized carbons (Fsp3) is 0.556. The second-order valence-electron chi connectivity index (χ2n) is 6.66. The van der Waals surface area contributed by atoms with Crippen molar-refractivity contribution in [2.24, 2.45) is 0 Å². The average Bonchev–Trinajstić information content (AvgIpc) is 2.72. The number of rotatable bonds is 4. The molecule has 0 saturated heterocycles. The van der Waals surface area contributed by atoms with E-state index in [2.05, 4.69) is 5.32 Å². The van der Waals surface area contributed by atoms with Crippen LogP contribution in [-0.4, -0.2) is 38.4 Å². The molecule has 1 aromatic rings. The van der Waals surface area contributed by atoms with Crippen molar-refractivity contribution in [1.82, 2.24) is 9.62 Å². The molecule has 24 heavy (non-hydrogen) atoms. The van der Waals surface area contributed by atoms with E-state index in [4.69, 9.17) is 11.6 Å². The van der Waals surface area contributed by atoms with Gasteiger partial charge in [-0.25, -0.2) is 8.42 Å². The van der Waals surface area contributed by atoms with Crippen molar-refractivity contribution >= 4 is 26.5 Å². The van der Waals surface area contributed by atoms with E-state index in [1.807, 2.05) is 19.1 Å². The number of sulfonamides is 1. The minimum atomic E-state index is -3.51. The third kappa shape index (κ3) is 2.81. The third-order valence-corrected chi connectivity index (χ3v) is 7.68. The highest BCUT2D eigenvalue weighted by atomic mass is 35.5. The molecule has 0 bridgehead atoms. The van der Waals surface area contributed by atoms with Crippen LogP contribution >= 0.6 is 11.6 Å². The quantitative estimate of drug-likeness (QED) is 0.882.